The highest BCUT2D eigenvalue weighted by Crippen LogP contribution is 2.42. The molecule has 2 rings (SSSR count). The molecule has 0 fully saturated rings. The van der Waals surface area contributed by atoms with E-state index in [1.165, 1.54) is 0 Å². The van der Waals surface area contributed by atoms with Gasteiger partial charge in [0, 0.05) is 0 Å². The van der Waals surface area contributed by atoms with Crippen molar-refractivity contribution in [1.82, 2.24) is 0 Å². The van der Waals surface area contributed by atoms with Crippen LogP contribution >= 0.6 is 7.82 Å². The molecule has 0 amide bonds. The van der Waals surface area contributed by atoms with E-state index in [4.69, 9.17) is 37.5 Å². The summed E-state index contributed by atoms with van der Waals surface area (Å²) in [7, 11) is -4.15. The van der Waals surface area contributed by atoms with Gasteiger partial charge in [-0.25, -0.2) is 4.57 Å². The van der Waals surface area contributed by atoms with Crippen molar-refractivity contribution in [1.29, 1.82) is 0 Å². The lowest BCUT2D eigenvalue weighted by Crippen LogP contribution is -2.13. The zero-order valence-electron chi connectivity index (χ0n) is 21.2. The number of hydrogen-bond acceptors (Lipinski definition) is 9. The van der Waals surface area contributed by atoms with Crippen molar-refractivity contribution in [2.45, 2.75) is 13.2 Å². The van der Waals surface area contributed by atoms with Crippen molar-refractivity contribution in [2.24, 2.45) is 0 Å². The van der Waals surface area contributed by atoms with Crippen LogP contribution in [0.2, 0.25) is 0 Å². The molecule has 0 aliphatic carbocycles. The van der Waals surface area contributed by atoms with Gasteiger partial charge in [0.1, 0.15) is 0 Å². The Labute approximate surface area is 219 Å². The van der Waals surface area contributed by atoms with E-state index in [-0.39, 0.29) is 26.4 Å². The molecule has 0 heterocycles. The topological polar surface area (TPSA) is 111 Å². The first-order valence-corrected chi connectivity index (χ1v) is 13.8. The van der Waals surface area contributed by atoms with Crippen molar-refractivity contribution in [3.05, 3.63) is 71.8 Å². The first-order chi connectivity index (χ1) is 18.2. The van der Waals surface area contributed by atoms with Crippen molar-refractivity contribution in [3.8, 4) is 0 Å². The molecule has 0 saturated carbocycles. The summed E-state index contributed by atoms with van der Waals surface area (Å²) in [6, 6.07) is 19.8. The largest absolute Gasteiger partial charge is 0.472 e. The van der Waals surface area contributed by atoms with Gasteiger partial charge in [-0.2, -0.15) is 0 Å². The Morgan fingerprint density at radius 3 is 1.11 bits per heavy atom. The molecular formula is C26H39O10P. The van der Waals surface area contributed by atoms with Crippen LogP contribution in [0.4, 0.5) is 0 Å². The summed E-state index contributed by atoms with van der Waals surface area (Å²) >= 11 is 0. The average Bonchev–Trinajstić information content (AvgIpc) is 2.91. The molecule has 2 aromatic carbocycles. The minimum absolute atomic E-state index is 0.0744. The molecule has 0 aromatic heterocycles. The molecule has 11 heteroatoms. The smallest absolute Gasteiger partial charge is 0.377 e. The minimum atomic E-state index is -4.15. The minimum Gasteiger partial charge on any atom is -0.377 e. The molecule has 37 heavy (non-hydrogen) atoms. The Balaban J connectivity index is 1.28. The standard InChI is InChI=1S/C26H39O10P/c27-37(28,35-21-19-31-13-11-29-15-17-33-23-25-7-3-1-4-8-25)36-22-20-32-14-12-30-16-18-34-24-26-9-5-2-6-10-26/h1-10H,11-24H2,(H,27,28). The van der Waals surface area contributed by atoms with Gasteiger partial charge in [-0.3, -0.25) is 9.05 Å². The van der Waals surface area contributed by atoms with Crippen LogP contribution in [-0.2, 0) is 55.2 Å². The highest BCUT2D eigenvalue weighted by molar-refractivity contribution is 7.47. The summed E-state index contributed by atoms with van der Waals surface area (Å²) in [5.74, 6) is 0. The highest BCUT2D eigenvalue weighted by Gasteiger charge is 2.20. The average molecular weight is 543 g/mol. The van der Waals surface area contributed by atoms with E-state index in [1.54, 1.807) is 0 Å². The van der Waals surface area contributed by atoms with Gasteiger partial charge in [-0.1, -0.05) is 60.7 Å². The molecule has 0 atom stereocenters. The third-order valence-corrected chi connectivity index (χ3v) is 5.69. The second-order valence-corrected chi connectivity index (χ2v) is 9.11. The van der Waals surface area contributed by atoms with Crippen LogP contribution in [0.3, 0.4) is 0 Å². The molecule has 0 unspecified atom stereocenters. The molecule has 208 valence electrons. The normalized spacial score (nSPS) is 11.7. The number of rotatable bonds is 24. The summed E-state index contributed by atoms with van der Waals surface area (Å²) < 4.78 is 54.0. The van der Waals surface area contributed by atoms with Crippen LogP contribution in [-0.4, -0.2) is 84.2 Å². The summed E-state index contributed by atoms with van der Waals surface area (Å²) in [6.45, 7) is 4.61. The second-order valence-electron chi connectivity index (χ2n) is 7.66. The van der Waals surface area contributed by atoms with Crippen LogP contribution < -0.4 is 0 Å². The Morgan fingerprint density at radius 2 is 0.757 bits per heavy atom. The molecule has 10 nitrogen and oxygen atoms in total. The fourth-order valence-corrected chi connectivity index (χ4v) is 3.55. The van der Waals surface area contributed by atoms with Gasteiger partial charge in [0.05, 0.1) is 92.5 Å². The van der Waals surface area contributed by atoms with E-state index in [1.807, 2.05) is 60.7 Å². The molecule has 0 radical (unpaired) electrons. The number of phosphoric ester groups is 1. The fourth-order valence-electron chi connectivity index (χ4n) is 2.87. The molecule has 0 saturated heterocycles. The van der Waals surface area contributed by atoms with Crippen molar-refractivity contribution >= 4 is 7.82 Å². The first-order valence-electron chi connectivity index (χ1n) is 12.3. The van der Waals surface area contributed by atoms with Crippen molar-refractivity contribution < 1.29 is 46.9 Å². The van der Waals surface area contributed by atoms with E-state index >= 15 is 0 Å². The predicted molar refractivity (Wildman–Crippen MR) is 137 cm³/mol. The summed E-state index contributed by atoms with van der Waals surface area (Å²) in [6.07, 6.45) is 0. The number of benzene rings is 2. The third kappa shape index (κ3) is 18.2. The first kappa shape index (κ1) is 31.5. The summed E-state index contributed by atoms with van der Waals surface area (Å²) in [5.41, 5.74) is 2.23. The monoisotopic (exact) mass is 542 g/mol. The summed E-state index contributed by atoms with van der Waals surface area (Å²) in [5, 5.41) is 0. The maximum absolute atomic E-state index is 11.8. The molecule has 2 aromatic rings. The SMILES string of the molecule is O=P(O)(OCCOCCOCCOCc1ccccc1)OCCOCCOCCOCc1ccccc1. The van der Waals surface area contributed by atoms with E-state index in [9.17, 15) is 9.46 Å². The van der Waals surface area contributed by atoms with Gasteiger partial charge in [-0.15, -0.1) is 0 Å². The lowest BCUT2D eigenvalue weighted by atomic mass is 10.2. The second kappa shape index (κ2) is 21.3. The van der Waals surface area contributed by atoms with Gasteiger partial charge >= 0.3 is 7.82 Å². The van der Waals surface area contributed by atoms with Crippen LogP contribution in [0, 0.1) is 0 Å². The lowest BCUT2D eigenvalue weighted by Gasteiger charge is -2.12. The van der Waals surface area contributed by atoms with E-state index < -0.39 is 7.82 Å². The zero-order valence-corrected chi connectivity index (χ0v) is 22.1. The van der Waals surface area contributed by atoms with Gasteiger partial charge < -0.3 is 33.3 Å². The maximum atomic E-state index is 11.8. The summed E-state index contributed by atoms with van der Waals surface area (Å²) in [4.78, 5) is 9.65. The quantitative estimate of drug-likeness (QED) is 0.156. The Hall–Kier alpha value is -1.69. The number of ether oxygens (including phenoxy) is 6. The Morgan fingerprint density at radius 1 is 0.459 bits per heavy atom. The van der Waals surface area contributed by atoms with Gasteiger partial charge in [0.2, 0.25) is 0 Å². The third-order valence-electron chi connectivity index (χ3n) is 4.68. The highest BCUT2D eigenvalue weighted by atomic mass is 31.2. The van der Waals surface area contributed by atoms with Crippen LogP contribution in [0.5, 0.6) is 0 Å². The van der Waals surface area contributed by atoms with Crippen molar-refractivity contribution in [3.63, 3.8) is 0 Å². The van der Waals surface area contributed by atoms with E-state index in [0.29, 0.717) is 66.1 Å². The molecule has 0 bridgehead atoms. The molecule has 0 spiro atoms. The Kier molecular flexibility index (Phi) is 18.1. The van der Waals surface area contributed by atoms with E-state index in [0.717, 1.165) is 11.1 Å². The van der Waals surface area contributed by atoms with Gasteiger partial charge in [0.15, 0.2) is 0 Å². The maximum Gasteiger partial charge on any atom is 0.472 e. The number of phosphoric acid groups is 1. The molecule has 0 aliphatic rings. The molecule has 1 N–H and O–H groups in total. The van der Waals surface area contributed by atoms with Crippen LogP contribution in [0.15, 0.2) is 60.7 Å². The number of hydrogen-bond donors (Lipinski definition) is 1. The van der Waals surface area contributed by atoms with Gasteiger partial charge in [0.25, 0.3) is 0 Å². The van der Waals surface area contributed by atoms with Gasteiger partial charge in [-0.05, 0) is 11.1 Å². The van der Waals surface area contributed by atoms with Crippen LogP contribution in [0.25, 0.3) is 0 Å². The predicted octanol–water partition coefficient (Wildman–Crippen LogP) is 3.62. The zero-order chi connectivity index (χ0) is 26.3. The van der Waals surface area contributed by atoms with Crippen LogP contribution in [0.1, 0.15) is 11.1 Å². The lowest BCUT2D eigenvalue weighted by molar-refractivity contribution is -0.00122. The van der Waals surface area contributed by atoms with E-state index in [2.05, 4.69) is 0 Å². The van der Waals surface area contributed by atoms with Crippen molar-refractivity contribution in [2.75, 3.05) is 79.3 Å². The fraction of sp³-hybridized carbons (Fsp3) is 0.538. The molecular weight excluding hydrogens is 503 g/mol. The Bertz CT molecular complexity index is 759. The molecule has 0 aliphatic heterocycles.